The van der Waals surface area contributed by atoms with Crippen molar-refractivity contribution in [2.75, 3.05) is 5.75 Å². The second-order valence-corrected chi connectivity index (χ2v) is 9.28. The summed E-state index contributed by atoms with van der Waals surface area (Å²) in [6, 6.07) is 2.06. The first-order chi connectivity index (χ1) is 9.24. The SMILES string of the molecule is O=C(CCCCC1CCSS1)NCc1cc(Br)cs1. The fourth-order valence-corrected chi connectivity index (χ4v) is 6.36. The van der Waals surface area contributed by atoms with Gasteiger partial charge in [0.2, 0.25) is 5.91 Å². The predicted molar refractivity (Wildman–Crippen MR) is 90.8 cm³/mol. The molecule has 0 bridgehead atoms. The summed E-state index contributed by atoms with van der Waals surface area (Å²) in [5.74, 6) is 1.48. The van der Waals surface area contributed by atoms with Crippen LogP contribution in [0.15, 0.2) is 15.9 Å². The van der Waals surface area contributed by atoms with Crippen LogP contribution in [-0.4, -0.2) is 16.9 Å². The summed E-state index contributed by atoms with van der Waals surface area (Å²) in [7, 11) is 4.01. The van der Waals surface area contributed by atoms with Crippen molar-refractivity contribution in [2.24, 2.45) is 0 Å². The molecule has 1 aliphatic rings. The average Bonchev–Trinajstić information content (AvgIpc) is 3.03. The molecule has 0 radical (unpaired) electrons. The number of carbonyl (C=O) groups excluding carboxylic acids is 1. The van der Waals surface area contributed by atoms with E-state index in [4.69, 9.17) is 0 Å². The summed E-state index contributed by atoms with van der Waals surface area (Å²) < 4.78 is 1.09. The zero-order valence-corrected chi connectivity index (χ0v) is 14.7. The second-order valence-electron chi connectivity index (χ2n) is 4.58. The summed E-state index contributed by atoms with van der Waals surface area (Å²) >= 11 is 5.09. The van der Waals surface area contributed by atoms with Gasteiger partial charge in [-0.15, -0.1) is 11.3 Å². The average molecular weight is 380 g/mol. The molecule has 106 valence electrons. The van der Waals surface area contributed by atoms with Gasteiger partial charge in [-0.1, -0.05) is 28.0 Å². The zero-order chi connectivity index (χ0) is 13.5. The van der Waals surface area contributed by atoms with Crippen molar-refractivity contribution in [2.45, 2.75) is 43.9 Å². The highest BCUT2D eigenvalue weighted by Gasteiger charge is 2.15. The molecular formula is C13H18BrNOS3. The van der Waals surface area contributed by atoms with Gasteiger partial charge in [0.15, 0.2) is 0 Å². The molecule has 1 aliphatic heterocycles. The third kappa shape index (κ3) is 6.10. The highest BCUT2D eigenvalue weighted by atomic mass is 79.9. The normalized spacial score (nSPS) is 18.7. The summed E-state index contributed by atoms with van der Waals surface area (Å²) in [6.45, 7) is 0.657. The van der Waals surface area contributed by atoms with Crippen LogP contribution in [0, 0.1) is 0 Å². The van der Waals surface area contributed by atoms with Crippen molar-refractivity contribution in [3.63, 3.8) is 0 Å². The highest BCUT2D eigenvalue weighted by molar-refractivity contribution is 9.10. The minimum atomic E-state index is 0.179. The molecule has 1 saturated heterocycles. The number of amides is 1. The van der Waals surface area contributed by atoms with E-state index in [2.05, 4.69) is 27.3 Å². The lowest BCUT2D eigenvalue weighted by molar-refractivity contribution is -0.121. The van der Waals surface area contributed by atoms with E-state index in [1.807, 2.05) is 27.0 Å². The van der Waals surface area contributed by atoms with Gasteiger partial charge in [0.1, 0.15) is 0 Å². The smallest absolute Gasteiger partial charge is 0.220 e. The van der Waals surface area contributed by atoms with Crippen molar-refractivity contribution in [3.8, 4) is 0 Å². The van der Waals surface area contributed by atoms with Crippen LogP contribution in [0.5, 0.6) is 0 Å². The summed E-state index contributed by atoms with van der Waals surface area (Å²) in [4.78, 5) is 12.9. The van der Waals surface area contributed by atoms with Crippen molar-refractivity contribution in [1.29, 1.82) is 0 Å². The molecule has 1 N–H and O–H groups in total. The van der Waals surface area contributed by atoms with Crippen molar-refractivity contribution in [3.05, 3.63) is 20.8 Å². The van der Waals surface area contributed by atoms with Crippen molar-refractivity contribution < 1.29 is 4.79 Å². The van der Waals surface area contributed by atoms with Gasteiger partial charge in [-0.05, 0) is 41.3 Å². The third-order valence-electron chi connectivity index (χ3n) is 2.99. The predicted octanol–water partition coefficient (Wildman–Crippen LogP) is 4.84. The molecule has 1 atom stereocenters. The lowest BCUT2D eigenvalue weighted by Crippen LogP contribution is -2.21. The number of hydrogen-bond acceptors (Lipinski definition) is 4. The largest absolute Gasteiger partial charge is 0.351 e. The first-order valence-electron chi connectivity index (χ1n) is 6.52. The highest BCUT2D eigenvalue weighted by Crippen LogP contribution is 2.39. The van der Waals surface area contributed by atoms with Crippen LogP contribution >= 0.6 is 48.9 Å². The van der Waals surface area contributed by atoms with Gasteiger partial charge in [-0.2, -0.15) is 0 Å². The third-order valence-corrected chi connectivity index (χ3v) is 7.69. The first-order valence-corrected chi connectivity index (χ1v) is 10.6. The van der Waals surface area contributed by atoms with Crippen LogP contribution in [-0.2, 0) is 11.3 Å². The molecule has 1 fully saturated rings. The Morgan fingerprint density at radius 3 is 3.05 bits per heavy atom. The Morgan fingerprint density at radius 2 is 2.37 bits per heavy atom. The number of carbonyl (C=O) groups is 1. The van der Waals surface area contributed by atoms with Crippen LogP contribution in [0.25, 0.3) is 0 Å². The Kier molecular flexibility index (Phi) is 7.12. The fourth-order valence-electron chi connectivity index (χ4n) is 1.94. The Balaban J connectivity index is 1.52. The number of nitrogens with one attached hydrogen (secondary N) is 1. The molecule has 6 heteroatoms. The molecule has 2 heterocycles. The molecule has 1 aromatic rings. The van der Waals surface area contributed by atoms with E-state index in [0.29, 0.717) is 13.0 Å². The molecule has 1 aromatic heterocycles. The standard InChI is InChI=1S/C13H18BrNOS3/c14-10-7-12(17-9-10)8-15-13(16)4-2-1-3-11-5-6-18-19-11/h7,9,11H,1-6,8H2,(H,15,16). The number of hydrogen-bond donors (Lipinski definition) is 1. The first kappa shape index (κ1) is 15.7. The van der Waals surface area contributed by atoms with E-state index >= 15 is 0 Å². The Morgan fingerprint density at radius 1 is 1.47 bits per heavy atom. The van der Waals surface area contributed by atoms with Gasteiger partial charge in [0, 0.05) is 32.2 Å². The lowest BCUT2D eigenvalue weighted by atomic mass is 10.1. The molecule has 2 rings (SSSR count). The minimum Gasteiger partial charge on any atom is -0.351 e. The monoisotopic (exact) mass is 379 g/mol. The lowest BCUT2D eigenvalue weighted by Gasteiger charge is -2.07. The quantitative estimate of drug-likeness (QED) is 0.542. The van der Waals surface area contributed by atoms with Crippen LogP contribution in [0.3, 0.4) is 0 Å². The number of unbranched alkanes of at least 4 members (excludes halogenated alkanes) is 1. The van der Waals surface area contributed by atoms with E-state index < -0.39 is 0 Å². The summed E-state index contributed by atoms with van der Waals surface area (Å²) in [6.07, 6.45) is 5.46. The van der Waals surface area contributed by atoms with Gasteiger partial charge in [-0.3, -0.25) is 4.79 Å². The molecule has 0 aliphatic carbocycles. The van der Waals surface area contributed by atoms with Crippen LogP contribution < -0.4 is 5.32 Å². The maximum atomic E-state index is 11.7. The molecule has 0 saturated carbocycles. The van der Waals surface area contributed by atoms with E-state index in [1.165, 1.54) is 29.9 Å². The van der Waals surface area contributed by atoms with E-state index in [1.54, 1.807) is 11.3 Å². The molecular weight excluding hydrogens is 362 g/mol. The van der Waals surface area contributed by atoms with Gasteiger partial charge in [-0.25, -0.2) is 0 Å². The van der Waals surface area contributed by atoms with Gasteiger partial charge >= 0.3 is 0 Å². The molecule has 1 amide bonds. The van der Waals surface area contributed by atoms with E-state index in [-0.39, 0.29) is 5.91 Å². The zero-order valence-electron chi connectivity index (χ0n) is 10.7. The Hall–Kier alpha value is 0.350. The number of rotatable bonds is 7. The molecule has 0 aromatic carbocycles. The molecule has 0 spiro atoms. The van der Waals surface area contributed by atoms with Crippen molar-refractivity contribution >= 4 is 54.8 Å². The molecule has 2 nitrogen and oxygen atoms in total. The van der Waals surface area contributed by atoms with Gasteiger partial charge < -0.3 is 5.32 Å². The number of halogens is 1. The van der Waals surface area contributed by atoms with Gasteiger partial charge in [0.05, 0.1) is 6.54 Å². The Bertz CT molecular complexity index is 404. The van der Waals surface area contributed by atoms with Crippen LogP contribution in [0.1, 0.15) is 37.0 Å². The van der Waals surface area contributed by atoms with E-state index in [0.717, 1.165) is 16.1 Å². The fraction of sp³-hybridized carbons (Fsp3) is 0.615. The second kappa shape index (κ2) is 8.60. The maximum Gasteiger partial charge on any atom is 0.220 e. The number of thiophene rings is 1. The van der Waals surface area contributed by atoms with Crippen LogP contribution in [0.4, 0.5) is 0 Å². The van der Waals surface area contributed by atoms with Gasteiger partial charge in [0.25, 0.3) is 0 Å². The van der Waals surface area contributed by atoms with Crippen LogP contribution in [0.2, 0.25) is 0 Å². The molecule has 19 heavy (non-hydrogen) atoms. The van der Waals surface area contributed by atoms with Crippen molar-refractivity contribution in [1.82, 2.24) is 5.32 Å². The minimum absolute atomic E-state index is 0.179. The summed E-state index contributed by atoms with van der Waals surface area (Å²) in [5, 5.41) is 5.85. The van der Waals surface area contributed by atoms with E-state index in [9.17, 15) is 4.79 Å². The maximum absolute atomic E-state index is 11.7. The topological polar surface area (TPSA) is 29.1 Å². The Labute approximate surface area is 135 Å². The molecule has 1 unspecified atom stereocenters. The summed E-state index contributed by atoms with van der Waals surface area (Å²) in [5.41, 5.74) is 0.